The minimum Gasteiger partial charge on any atom is -0.306 e. The number of aldehydes is 1. The van der Waals surface area contributed by atoms with E-state index >= 15 is 0 Å². The maximum atomic E-state index is 10.3. The third-order valence-electron chi connectivity index (χ3n) is 9.83. The molecule has 2 nitrogen and oxygen atoms in total. The Morgan fingerprint density at radius 2 is 0.872 bits per heavy atom. The molecule has 0 unspecified atom stereocenters. The van der Waals surface area contributed by atoms with Crippen molar-refractivity contribution in [3.63, 3.8) is 0 Å². The van der Waals surface area contributed by atoms with Crippen molar-refractivity contribution in [1.82, 2.24) is 4.90 Å². The van der Waals surface area contributed by atoms with Gasteiger partial charge in [-0.3, -0.25) is 0 Å². The first kappa shape index (κ1) is 50.7. The van der Waals surface area contributed by atoms with Crippen molar-refractivity contribution in [2.75, 3.05) is 20.1 Å². The van der Waals surface area contributed by atoms with Gasteiger partial charge in [-0.1, -0.05) is 214 Å². The van der Waals surface area contributed by atoms with Crippen molar-refractivity contribution in [1.29, 1.82) is 0 Å². The lowest BCUT2D eigenvalue weighted by atomic mass is 9.92. The predicted molar refractivity (Wildman–Crippen MR) is 218 cm³/mol. The molecule has 0 spiro atoms. The molecule has 0 saturated carbocycles. The van der Waals surface area contributed by atoms with E-state index in [2.05, 4.69) is 46.2 Å². The molecule has 0 aliphatic carbocycles. The number of nitrogens with zero attached hydrogens (tertiary/aromatic N) is 1. The molecule has 0 aromatic heterocycles. The largest absolute Gasteiger partial charge is 0.306 e. The van der Waals surface area contributed by atoms with E-state index in [9.17, 15) is 4.79 Å². The van der Waals surface area contributed by atoms with Gasteiger partial charge in [0.2, 0.25) is 0 Å². The third-order valence-corrected chi connectivity index (χ3v) is 9.83. The molecule has 0 heterocycles. The maximum Gasteiger partial charge on any atom is 0.119 e. The average Bonchev–Trinajstić information content (AvgIpc) is 3.08. The van der Waals surface area contributed by atoms with E-state index in [1.165, 1.54) is 211 Å². The van der Waals surface area contributed by atoms with Crippen LogP contribution < -0.4 is 0 Å². The first-order valence-corrected chi connectivity index (χ1v) is 21.8. The molecule has 0 fully saturated rings. The summed E-state index contributed by atoms with van der Waals surface area (Å²) in [5.74, 6) is 1.03. The van der Waals surface area contributed by atoms with Crippen LogP contribution in [0.2, 0.25) is 0 Å². The molecule has 0 aliphatic rings. The predicted octanol–water partition coefficient (Wildman–Crippen LogP) is 15.9. The summed E-state index contributed by atoms with van der Waals surface area (Å²) in [5.41, 5.74) is 1.46. The molecule has 0 saturated heterocycles. The molecule has 0 aromatic rings. The molecule has 0 aliphatic heterocycles. The van der Waals surface area contributed by atoms with Crippen molar-refractivity contribution in [3.05, 3.63) is 12.2 Å². The van der Waals surface area contributed by atoms with Gasteiger partial charge in [0.15, 0.2) is 0 Å². The van der Waals surface area contributed by atoms with Crippen molar-refractivity contribution in [3.8, 4) is 0 Å². The summed E-state index contributed by atoms with van der Waals surface area (Å²) in [6.45, 7) is 19.9. The molecule has 0 radical (unpaired) electrons. The van der Waals surface area contributed by atoms with Crippen LogP contribution >= 0.6 is 0 Å². The van der Waals surface area contributed by atoms with E-state index < -0.39 is 0 Å². The summed E-state index contributed by atoms with van der Waals surface area (Å²) in [4.78, 5) is 12.7. The summed E-state index contributed by atoms with van der Waals surface area (Å²) in [6.07, 6.45) is 44.6. The van der Waals surface area contributed by atoms with Gasteiger partial charge in [-0.05, 0) is 64.6 Å². The van der Waals surface area contributed by atoms with Gasteiger partial charge in [0.05, 0.1) is 0 Å². The van der Waals surface area contributed by atoms with Crippen molar-refractivity contribution < 1.29 is 4.79 Å². The highest BCUT2D eigenvalue weighted by molar-refractivity contribution is 5.48. The van der Waals surface area contributed by atoms with Gasteiger partial charge >= 0.3 is 0 Å². The summed E-state index contributed by atoms with van der Waals surface area (Å²) in [7, 11) is 2.24. The van der Waals surface area contributed by atoms with Crippen LogP contribution in [0.15, 0.2) is 12.2 Å². The second kappa shape index (κ2) is 47.5. The van der Waals surface area contributed by atoms with E-state index in [0.29, 0.717) is 0 Å². The molecule has 0 atom stereocenters. The zero-order valence-electron chi connectivity index (χ0n) is 34.3. The highest BCUT2D eigenvalue weighted by atomic mass is 16.1. The average molecular weight is 664 g/mol. The first-order valence-electron chi connectivity index (χ1n) is 21.8. The smallest absolute Gasteiger partial charge is 0.119 e. The van der Waals surface area contributed by atoms with Crippen LogP contribution in [0.3, 0.4) is 0 Å². The Morgan fingerprint density at radius 1 is 0.511 bits per heavy atom. The minimum atomic E-state index is 0.739. The molecule has 284 valence electrons. The number of unbranched alkanes of at least 4 members (excludes halogenated alkanes) is 22. The Kier molecular flexibility index (Phi) is 51.3. The van der Waals surface area contributed by atoms with E-state index in [1.807, 2.05) is 13.8 Å². The Balaban J connectivity index is -0.000000816. The molecule has 2 heteroatoms. The molecule has 0 amide bonds. The van der Waals surface area contributed by atoms with Crippen LogP contribution in [-0.2, 0) is 4.79 Å². The fourth-order valence-corrected chi connectivity index (χ4v) is 6.46. The quantitative estimate of drug-likeness (QED) is 0.0378. The second-order valence-corrected chi connectivity index (χ2v) is 14.5. The molecule has 0 N–H and O–H groups in total. The Bertz CT molecular complexity index is 542. The number of allylic oxidation sites excluding steroid dienone is 1. The second-order valence-electron chi connectivity index (χ2n) is 14.5. The van der Waals surface area contributed by atoms with Crippen molar-refractivity contribution in [2.45, 2.75) is 247 Å². The van der Waals surface area contributed by atoms with Gasteiger partial charge in [0.1, 0.15) is 6.29 Å². The van der Waals surface area contributed by atoms with Crippen LogP contribution in [0.4, 0.5) is 0 Å². The van der Waals surface area contributed by atoms with Crippen LogP contribution in [0.5, 0.6) is 0 Å². The highest BCUT2D eigenvalue weighted by Gasteiger charge is 2.06. The zero-order valence-corrected chi connectivity index (χ0v) is 34.3. The summed E-state index contributed by atoms with van der Waals surface area (Å²) in [6, 6.07) is 0. The topological polar surface area (TPSA) is 20.3 Å². The van der Waals surface area contributed by atoms with Crippen LogP contribution in [0.25, 0.3) is 0 Å². The van der Waals surface area contributed by atoms with Crippen LogP contribution in [0, 0.1) is 5.92 Å². The summed E-state index contributed by atoms with van der Waals surface area (Å²) < 4.78 is 0. The number of rotatable bonds is 36. The third kappa shape index (κ3) is 47.5. The number of hydrogen-bond donors (Lipinski definition) is 0. The number of carbonyl (C=O) groups excluding carboxylic acids is 1. The lowest BCUT2D eigenvalue weighted by molar-refractivity contribution is -0.107. The van der Waals surface area contributed by atoms with E-state index in [4.69, 9.17) is 0 Å². The fourth-order valence-electron chi connectivity index (χ4n) is 6.46. The van der Waals surface area contributed by atoms with E-state index in [-0.39, 0.29) is 0 Å². The SMILES string of the molecule is C=C(CCCCCCCCCC)CCCN(C)CCCCCCCC=O.CC.CCCCCCCCC(CC)CCCCCCCC. The molecular formula is C45H93NO. The lowest BCUT2D eigenvalue weighted by Gasteiger charge is -2.16. The summed E-state index contributed by atoms with van der Waals surface area (Å²) >= 11 is 0. The van der Waals surface area contributed by atoms with Gasteiger partial charge in [0.25, 0.3) is 0 Å². The lowest BCUT2D eigenvalue weighted by Crippen LogP contribution is -2.20. The molecule has 0 aromatic carbocycles. The fraction of sp³-hybridized carbons (Fsp3) is 0.933. The normalized spacial score (nSPS) is 10.9. The Labute approximate surface area is 300 Å². The molecule has 0 bridgehead atoms. The molecule has 0 rings (SSSR count). The summed E-state index contributed by atoms with van der Waals surface area (Å²) in [5, 5.41) is 0. The van der Waals surface area contributed by atoms with Gasteiger partial charge in [-0.2, -0.15) is 0 Å². The van der Waals surface area contributed by atoms with Gasteiger partial charge in [-0.25, -0.2) is 0 Å². The van der Waals surface area contributed by atoms with Crippen molar-refractivity contribution in [2.24, 2.45) is 5.92 Å². The number of carbonyl (C=O) groups is 1. The molecule has 47 heavy (non-hydrogen) atoms. The monoisotopic (exact) mass is 664 g/mol. The standard InChI is InChI=1S/C24H47NO.C19H40.C2H6/c1-4-5-6-7-8-9-12-15-19-24(2)20-18-22-25(3)21-16-13-10-11-14-17-23-26;1-4-7-9-11-13-15-17-19(6-3)18-16-14-12-10-8-5-2;1-2/h23H,2,4-22H2,1,3H3;19H,4-18H2,1-3H3;1-2H3. The minimum absolute atomic E-state index is 0.739. The highest BCUT2D eigenvalue weighted by Crippen LogP contribution is 2.22. The van der Waals surface area contributed by atoms with Gasteiger partial charge in [0, 0.05) is 6.42 Å². The first-order chi connectivity index (χ1) is 23.0. The maximum absolute atomic E-state index is 10.3. The zero-order chi connectivity index (χ0) is 35.5. The van der Waals surface area contributed by atoms with Gasteiger partial charge < -0.3 is 9.69 Å². The Morgan fingerprint density at radius 3 is 1.32 bits per heavy atom. The van der Waals surface area contributed by atoms with Crippen molar-refractivity contribution >= 4 is 6.29 Å². The van der Waals surface area contributed by atoms with Crippen LogP contribution in [-0.4, -0.2) is 31.3 Å². The van der Waals surface area contributed by atoms with E-state index in [0.717, 1.165) is 25.0 Å². The van der Waals surface area contributed by atoms with Crippen LogP contribution in [0.1, 0.15) is 247 Å². The molecular weight excluding hydrogens is 571 g/mol. The number of hydrogen-bond acceptors (Lipinski definition) is 2. The van der Waals surface area contributed by atoms with Gasteiger partial charge in [-0.15, -0.1) is 0 Å². The Hall–Kier alpha value is -0.630. The van der Waals surface area contributed by atoms with E-state index in [1.54, 1.807) is 0 Å².